The predicted octanol–water partition coefficient (Wildman–Crippen LogP) is 6.87. The molecule has 4 aromatic carbocycles. The summed E-state index contributed by atoms with van der Waals surface area (Å²) in [4.78, 5) is 18.6. The minimum Gasteiger partial charge on any atom is -0.490 e. The molecule has 0 spiro atoms. The van der Waals surface area contributed by atoms with Gasteiger partial charge in [0.25, 0.3) is 5.56 Å². The highest BCUT2D eigenvalue weighted by atomic mass is 32.1. The summed E-state index contributed by atoms with van der Waals surface area (Å²) in [5.41, 5.74) is 5.19. The lowest BCUT2D eigenvalue weighted by Gasteiger charge is -2.07. The maximum atomic E-state index is 13.5. The van der Waals surface area contributed by atoms with Crippen LogP contribution < -0.4 is 19.6 Å². The van der Waals surface area contributed by atoms with Gasteiger partial charge >= 0.3 is 0 Å². The molecule has 0 saturated heterocycles. The Balaban J connectivity index is 1.17. The summed E-state index contributed by atoms with van der Waals surface area (Å²) in [5.74, 6) is 1.99. The van der Waals surface area contributed by atoms with E-state index in [1.807, 2.05) is 132 Å². The van der Waals surface area contributed by atoms with Crippen LogP contribution in [0.25, 0.3) is 40.1 Å². The average molecular weight is 636 g/mol. The zero-order chi connectivity index (χ0) is 32.0. The zero-order valence-corrected chi connectivity index (χ0v) is 26.1. The molecular formula is C38H29N5O3S. The van der Waals surface area contributed by atoms with Gasteiger partial charge in [-0.2, -0.15) is 14.6 Å². The Morgan fingerprint density at radius 1 is 0.787 bits per heavy atom. The SMILES string of the molecule is C=CCOc1ccc(/C=C/c2nc3s/c(=C\c4cn(-c5ccccc5)nc4-c4ccc(OCc5ccccc5)cc4)c(=O)n3n2)cc1. The maximum absolute atomic E-state index is 13.5. The first-order chi connectivity index (χ1) is 23.1. The van der Waals surface area contributed by atoms with Crippen molar-refractivity contribution in [3.05, 3.63) is 165 Å². The van der Waals surface area contributed by atoms with Crippen molar-refractivity contribution in [1.82, 2.24) is 24.4 Å². The predicted molar refractivity (Wildman–Crippen MR) is 187 cm³/mol. The lowest BCUT2D eigenvalue weighted by Crippen LogP contribution is -2.23. The first-order valence-corrected chi connectivity index (χ1v) is 15.8. The van der Waals surface area contributed by atoms with E-state index in [1.165, 1.54) is 15.9 Å². The zero-order valence-electron chi connectivity index (χ0n) is 25.3. The molecule has 7 rings (SSSR count). The summed E-state index contributed by atoms with van der Waals surface area (Å²) in [7, 11) is 0. The van der Waals surface area contributed by atoms with E-state index in [0.717, 1.165) is 45.1 Å². The third-order valence-corrected chi connectivity index (χ3v) is 8.26. The van der Waals surface area contributed by atoms with E-state index in [1.54, 1.807) is 12.2 Å². The molecule has 3 aromatic heterocycles. The van der Waals surface area contributed by atoms with Crippen LogP contribution in [0.4, 0.5) is 0 Å². The summed E-state index contributed by atoms with van der Waals surface area (Å²) in [5, 5.41) is 9.37. The van der Waals surface area contributed by atoms with Crippen molar-refractivity contribution in [2.45, 2.75) is 6.61 Å². The van der Waals surface area contributed by atoms with Crippen molar-refractivity contribution in [1.29, 1.82) is 0 Å². The number of ether oxygens (including phenoxy) is 2. The van der Waals surface area contributed by atoms with Crippen molar-refractivity contribution in [2.24, 2.45) is 0 Å². The molecule has 9 heteroatoms. The highest BCUT2D eigenvalue weighted by Gasteiger charge is 2.14. The second kappa shape index (κ2) is 13.5. The summed E-state index contributed by atoms with van der Waals surface area (Å²) in [6, 6.07) is 35.4. The van der Waals surface area contributed by atoms with E-state index in [2.05, 4.69) is 16.7 Å². The van der Waals surface area contributed by atoms with Crippen LogP contribution in [-0.4, -0.2) is 31.0 Å². The van der Waals surface area contributed by atoms with Crippen LogP contribution in [-0.2, 0) is 6.61 Å². The van der Waals surface area contributed by atoms with Crippen molar-refractivity contribution in [2.75, 3.05) is 6.61 Å². The van der Waals surface area contributed by atoms with Gasteiger partial charge in [0.15, 0.2) is 5.82 Å². The molecule has 230 valence electrons. The molecule has 0 radical (unpaired) electrons. The number of thiazole rings is 1. The molecule has 3 heterocycles. The fourth-order valence-corrected chi connectivity index (χ4v) is 5.85. The van der Waals surface area contributed by atoms with Gasteiger partial charge in [-0.1, -0.05) is 90.7 Å². The van der Waals surface area contributed by atoms with Gasteiger partial charge in [-0.15, -0.1) is 5.10 Å². The highest BCUT2D eigenvalue weighted by Crippen LogP contribution is 2.27. The van der Waals surface area contributed by atoms with Crippen molar-refractivity contribution >= 4 is 34.5 Å². The Bertz CT molecular complexity index is 2270. The number of benzene rings is 4. The van der Waals surface area contributed by atoms with Crippen LogP contribution in [0, 0.1) is 0 Å². The van der Waals surface area contributed by atoms with E-state index in [4.69, 9.17) is 14.6 Å². The Hall–Kier alpha value is -6.06. The molecule has 0 atom stereocenters. The third-order valence-electron chi connectivity index (χ3n) is 7.30. The Morgan fingerprint density at radius 2 is 1.49 bits per heavy atom. The molecule has 0 bridgehead atoms. The molecule has 0 saturated carbocycles. The van der Waals surface area contributed by atoms with Crippen LogP contribution in [0.5, 0.6) is 11.5 Å². The largest absolute Gasteiger partial charge is 0.490 e. The molecular weight excluding hydrogens is 607 g/mol. The monoisotopic (exact) mass is 635 g/mol. The topological polar surface area (TPSA) is 83.5 Å². The van der Waals surface area contributed by atoms with Crippen LogP contribution in [0.1, 0.15) is 22.5 Å². The van der Waals surface area contributed by atoms with Gasteiger partial charge in [-0.3, -0.25) is 4.79 Å². The van der Waals surface area contributed by atoms with Crippen molar-refractivity contribution < 1.29 is 9.47 Å². The maximum Gasteiger partial charge on any atom is 0.291 e. The summed E-state index contributed by atoms with van der Waals surface area (Å²) < 4.78 is 15.2. The minimum atomic E-state index is -0.232. The van der Waals surface area contributed by atoms with Gasteiger partial charge in [0.2, 0.25) is 4.96 Å². The molecule has 7 aromatic rings. The number of nitrogens with zero attached hydrogens (tertiary/aromatic N) is 5. The highest BCUT2D eigenvalue weighted by molar-refractivity contribution is 7.15. The van der Waals surface area contributed by atoms with E-state index in [-0.39, 0.29) is 5.56 Å². The number of rotatable bonds is 11. The molecule has 47 heavy (non-hydrogen) atoms. The minimum absolute atomic E-state index is 0.232. The molecule has 8 nitrogen and oxygen atoms in total. The van der Waals surface area contributed by atoms with Gasteiger partial charge in [0, 0.05) is 17.3 Å². The molecule has 0 amide bonds. The second-order valence-corrected chi connectivity index (χ2v) is 11.6. The van der Waals surface area contributed by atoms with Crippen molar-refractivity contribution in [3.63, 3.8) is 0 Å². The first kappa shape index (κ1) is 29.6. The van der Waals surface area contributed by atoms with Crippen LogP contribution in [0.2, 0.25) is 0 Å². The molecule has 0 aliphatic carbocycles. The fourth-order valence-electron chi connectivity index (χ4n) is 4.94. The smallest absolute Gasteiger partial charge is 0.291 e. The van der Waals surface area contributed by atoms with E-state index in [0.29, 0.717) is 28.5 Å². The number of hydrogen-bond acceptors (Lipinski definition) is 7. The Labute approximate surface area is 274 Å². The third kappa shape index (κ3) is 6.80. The molecule has 0 unspecified atom stereocenters. The summed E-state index contributed by atoms with van der Waals surface area (Å²) >= 11 is 1.29. The summed E-state index contributed by atoms with van der Waals surface area (Å²) in [6.07, 6.45) is 9.18. The van der Waals surface area contributed by atoms with E-state index in [9.17, 15) is 4.79 Å². The van der Waals surface area contributed by atoms with Crippen LogP contribution in [0.15, 0.2) is 133 Å². The number of hydrogen-bond donors (Lipinski definition) is 0. The van der Waals surface area contributed by atoms with Gasteiger partial charge < -0.3 is 9.47 Å². The van der Waals surface area contributed by atoms with Gasteiger partial charge in [0.05, 0.1) is 10.2 Å². The van der Waals surface area contributed by atoms with E-state index < -0.39 is 0 Å². The number of aromatic nitrogens is 5. The average Bonchev–Trinajstić information content (AvgIpc) is 3.81. The Kier molecular flexibility index (Phi) is 8.52. The van der Waals surface area contributed by atoms with Crippen LogP contribution in [0.3, 0.4) is 0 Å². The van der Waals surface area contributed by atoms with Gasteiger partial charge in [-0.25, -0.2) is 4.68 Å². The van der Waals surface area contributed by atoms with Gasteiger partial charge in [0.1, 0.15) is 30.4 Å². The summed E-state index contributed by atoms with van der Waals surface area (Å²) in [6.45, 7) is 4.60. The number of fused-ring (bicyclic) bond motifs is 1. The lowest BCUT2D eigenvalue weighted by molar-refractivity contribution is 0.306. The fraction of sp³-hybridized carbons (Fsp3) is 0.0526. The second-order valence-electron chi connectivity index (χ2n) is 10.6. The van der Waals surface area contributed by atoms with Crippen molar-refractivity contribution in [3.8, 4) is 28.4 Å². The molecule has 0 N–H and O–H groups in total. The molecule has 0 aliphatic rings. The molecule has 0 aliphatic heterocycles. The van der Waals surface area contributed by atoms with E-state index >= 15 is 0 Å². The number of para-hydroxylation sites is 1. The lowest BCUT2D eigenvalue weighted by atomic mass is 10.1. The normalized spacial score (nSPS) is 11.8. The molecule has 0 fully saturated rings. The van der Waals surface area contributed by atoms with Crippen LogP contribution >= 0.6 is 11.3 Å². The Morgan fingerprint density at radius 3 is 2.21 bits per heavy atom. The van der Waals surface area contributed by atoms with Gasteiger partial charge in [-0.05, 0) is 71.8 Å². The standard InChI is InChI=1S/C38H29N5O3S/c1-2-23-45-32-18-13-27(14-19-32)15-22-35-39-38-43(40-35)37(44)34(47-38)24-30-25-42(31-11-7-4-8-12-31)41-36(30)29-16-20-33(21-17-29)46-26-28-9-5-3-6-10-28/h2-22,24-25H,1,23,26H2/b22-15+,34-24-. The first-order valence-electron chi connectivity index (χ1n) is 15.0. The quantitative estimate of drug-likeness (QED) is 0.144.